The number of nitrogens with two attached hydrogens (primary N) is 1. The van der Waals surface area contributed by atoms with Gasteiger partial charge in [-0.3, -0.25) is 24.0 Å². The van der Waals surface area contributed by atoms with Crippen molar-refractivity contribution in [1.82, 2.24) is 20.9 Å². The van der Waals surface area contributed by atoms with Gasteiger partial charge in [-0.25, -0.2) is 4.79 Å². The molecule has 0 aromatic heterocycles. The highest BCUT2D eigenvalue weighted by molar-refractivity contribution is 6.36. The van der Waals surface area contributed by atoms with Gasteiger partial charge in [-0.2, -0.15) is 0 Å². The maximum absolute atomic E-state index is 13.8. The smallest absolute Gasteiger partial charge is 0.316 e. The summed E-state index contributed by atoms with van der Waals surface area (Å²) in [5, 5.41) is 8.06. The van der Waals surface area contributed by atoms with Crippen molar-refractivity contribution in [3.05, 3.63) is 35.9 Å². The molecule has 1 aliphatic heterocycles. The molecule has 1 aromatic rings. The number of nitrogens with zero attached hydrogens (tertiary/aromatic N) is 1. The van der Waals surface area contributed by atoms with E-state index in [1.165, 1.54) is 4.90 Å². The average molecular weight is 556 g/mol. The molecule has 40 heavy (non-hydrogen) atoms. The number of Topliss-reactive ketones (excluding diaryl/α,β-unsaturated/α-hetero) is 2. The summed E-state index contributed by atoms with van der Waals surface area (Å²) in [5.74, 6) is -3.49. The Hall–Kier alpha value is -3.76. The molecule has 5 amide bonds. The monoisotopic (exact) mass is 555 g/mol. The topological polar surface area (TPSA) is 168 Å². The number of amides is 5. The Balaban J connectivity index is 1.76. The predicted octanol–water partition coefficient (Wildman–Crippen LogP) is 1.55. The van der Waals surface area contributed by atoms with E-state index in [9.17, 15) is 28.8 Å². The minimum atomic E-state index is -1.16. The van der Waals surface area contributed by atoms with E-state index in [1.807, 2.05) is 13.0 Å². The van der Waals surface area contributed by atoms with Crippen molar-refractivity contribution in [2.75, 3.05) is 13.1 Å². The maximum Gasteiger partial charge on any atom is 0.316 e. The number of carbonyl (C=O) groups is 6. The lowest BCUT2D eigenvalue weighted by Gasteiger charge is -2.36. The molecule has 1 aliphatic carbocycles. The molecule has 2 fully saturated rings. The molecular weight excluding hydrogens is 514 g/mol. The molecule has 1 saturated heterocycles. The van der Waals surface area contributed by atoms with Crippen molar-refractivity contribution in [3.8, 4) is 0 Å². The van der Waals surface area contributed by atoms with Gasteiger partial charge < -0.3 is 26.6 Å². The summed E-state index contributed by atoms with van der Waals surface area (Å²) < 4.78 is 0. The third-order valence-corrected chi connectivity index (χ3v) is 7.84. The van der Waals surface area contributed by atoms with Crippen LogP contribution in [0.4, 0.5) is 4.79 Å². The average Bonchev–Trinajstić information content (AvgIpc) is 3.58. The Bertz CT molecular complexity index is 1130. The zero-order valence-corrected chi connectivity index (χ0v) is 23.7. The molecule has 11 heteroatoms. The highest BCUT2D eigenvalue weighted by atomic mass is 16.2. The summed E-state index contributed by atoms with van der Waals surface area (Å²) in [6.45, 7) is 6.97. The molecule has 1 heterocycles. The van der Waals surface area contributed by atoms with Crippen molar-refractivity contribution >= 4 is 35.3 Å². The minimum Gasteiger partial charge on any atom is -0.363 e. The predicted molar refractivity (Wildman–Crippen MR) is 148 cm³/mol. The van der Waals surface area contributed by atoms with E-state index in [2.05, 4.69) is 16.0 Å². The van der Waals surface area contributed by atoms with E-state index < -0.39 is 59.6 Å². The van der Waals surface area contributed by atoms with Crippen LogP contribution in [0.3, 0.4) is 0 Å². The maximum atomic E-state index is 13.8. The van der Waals surface area contributed by atoms with Crippen LogP contribution < -0.4 is 21.7 Å². The lowest BCUT2D eigenvalue weighted by Crippen LogP contribution is -2.61. The Labute approximate surface area is 235 Å². The first-order valence-corrected chi connectivity index (χ1v) is 13.9. The van der Waals surface area contributed by atoms with Crippen molar-refractivity contribution in [2.24, 2.45) is 23.0 Å². The normalized spacial score (nSPS) is 20.9. The molecule has 1 saturated carbocycles. The molecule has 218 valence electrons. The molecule has 11 nitrogen and oxygen atoms in total. The van der Waals surface area contributed by atoms with E-state index in [-0.39, 0.29) is 24.2 Å². The molecular formula is C29H41N5O6. The number of primary amides is 1. The van der Waals surface area contributed by atoms with Gasteiger partial charge in [0.2, 0.25) is 17.6 Å². The fraction of sp³-hybridized carbons (Fsp3) is 0.586. The second kappa shape index (κ2) is 13.1. The first kappa shape index (κ1) is 30.8. The van der Waals surface area contributed by atoms with Gasteiger partial charge >= 0.3 is 6.03 Å². The first-order valence-electron chi connectivity index (χ1n) is 13.9. The van der Waals surface area contributed by atoms with Gasteiger partial charge in [-0.1, -0.05) is 70.9 Å². The summed E-state index contributed by atoms with van der Waals surface area (Å²) in [4.78, 5) is 77.5. The minimum absolute atomic E-state index is 0.00198. The number of ketones is 2. The van der Waals surface area contributed by atoms with E-state index in [0.717, 1.165) is 25.7 Å². The summed E-state index contributed by atoms with van der Waals surface area (Å²) >= 11 is 0. The highest BCUT2D eigenvalue weighted by Crippen LogP contribution is 2.31. The summed E-state index contributed by atoms with van der Waals surface area (Å²) in [7, 11) is 0. The van der Waals surface area contributed by atoms with Crippen molar-refractivity contribution in [1.29, 1.82) is 0 Å². The quantitative estimate of drug-likeness (QED) is 0.252. The zero-order chi connectivity index (χ0) is 29.6. The molecule has 0 radical (unpaired) electrons. The van der Waals surface area contributed by atoms with Gasteiger partial charge in [-0.05, 0) is 36.5 Å². The van der Waals surface area contributed by atoms with Gasteiger partial charge in [0.05, 0.1) is 12.6 Å². The molecule has 1 aromatic carbocycles. The fourth-order valence-corrected chi connectivity index (χ4v) is 5.55. The van der Waals surface area contributed by atoms with Crippen molar-refractivity contribution in [2.45, 2.75) is 77.9 Å². The standard InChI is InChI=1S/C29H41N5O6/c1-17-14-15-34(22(17)26(38)31-16-20(35)25(30)37)27(39)24(29(2,3)4)33-28(40)32-21(18-10-8-9-11-18)23(36)19-12-6-5-7-13-19/h5-7,12-13,17-18,21-22,24H,8-11,14-16H2,1-4H3,(H2,30,37)(H,31,38)(H2,32,33,40)/t17-,21-,22-,24+/m0/s1. The Morgan fingerprint density at radius 1 is 0.975 bits per heavy atom. The number of urea groups is 1. The van der Waals surface area contributed by atoms with E-state index in [0.29, 0.717) is 12.0 Å². The van der Waals surface area contributed by atoms with Crippen molar-refractivity contribution < 1.29 is 28.8 Å². The zero-order valence-electron chi connectivity index (χ0n) is 23.7. The van der Waals surface area contributed by atoms with Crippen LogP contribution in [0, 0.1) is 17.3 Å². The van der Waals surface area contributed by atoms with Crippen LogP contribution in [-0.2, 0) is 19.2 Å². The SMILES string of the molecule is C[C@H]1CCN(C(=O)[C@@H](NC(=O)N[C@H](C(=O)c2ccccc2)C2CCCC2)C(C)(C)C)[C@@H]1C(=O)NCC(=O)C(N)=O. The van der Waals surface area contributed by atoms with Crippen LogP contribution in [0.25, 0.3) is 0 Å². The molecule has 0 unspecified atom stereocenters. The van der Waals surface area contributed by atoms with Crippen LogP contribution in [0.2, 0.25) is 0 Å². The first-order chi connectivity index (χ1) is 18.8. The summed E-state index contributed by atoms with van der Waals surface area (Å²) in [6.07, 6.45) is 4.16. The summed E-state index contributed by atoms with van der Waals surface area (Å²) in [6, 6.07) is 5.59. The number of rotatable bonds is 10. The molecule has 0 spiro atoms. The highest BCUT2D eigenvalue weighted by Gasteiger charge is 2.45. The number of nitrogens with one attached hydrogen (secondary N) is 3. The second-order valence-corrected chi connectivity index (χ2v) is 11.9. The molecule has 2 aliphatic rings. The fourth-order valence-electron chi connectivity index (χ4n) is 5.55. The third-order valence-electron chi connectivity index (χ3n) is 7.84. The van der Waals surface area contributed by atoms with Crippen LogP contribution >= 0.6 is 0 Å². The van der Waals surface area contributed by atoms with Crippen LogP contribution in [0.15, 0.2) is 30.3 Å². The molecule has 5 N–H and O–H groups in total. The number of hydrogen-bond donors (Lipinski definition) is 4. The number of carbonyl (C=O) groups excluding carboxylic acids is 6. The number of benzene rings is 1. The van der Waals surface area contributed by atoms with Crippen LogP contribution in [0.5, 0.6) is 0 Å². The lowest BCUT2D eigenvalue weighted by molar-refractivity contribution is -0.143. The summed E-state index contributed by atoms with van der Waals surface area (Å²) in [5.41, 5.74) is 4.75. The number of likely N-dealkylation sites (tertiary alicyclic amines) is 1. The van der Waals surface area contributed by atoms with Gasteiger partial charge in [-0.15, -0.1) is 0 Å². The Morgan fingerprint density at radius 3 is 2.17 bits per heavy atom. The molecule has 4 atom stereocenters. The second-order valence-electron chi connectivity index (χ2n) is 11.9. The molecule has 3 rings (SSSR count). The van der Waals surface area contributed by atoms with E-state index in [1.54, 1.807) is 45.0 Å². The van der Waals surface area contributed by atoms with Gasteiger partial charge in [0.15, 0.2) is 5.78 Å². The van der Waals surface area contributed by atoms with Crippen molar-refractivity contribution in [3.63, 3.8) is 0 Å². The van der Waals surface area contributed by atoms with Gasteiger partial charge in [0, 0.05) is 12.1 Å². The number of hydrogen-bond acceptors (Lipinski definition) is 6. The van der Waals surface area contributed by atoms with Gasteiger partial charge in [0.1, 0.15) is 12.1 Å². The van der Waals surface area contributed by atoms with Gasteiger partial charge in [0.25, 0.3) is 5.91 Å². The van der Waals surface area contributed by atoms with E-state index in [4.69, 9.17) is 5.73 Å². The lowest BCUT2D eigenvalue weighted by atomic mass is 9.85. The van der Waals surface area contributed by atoms with Crippen LogP contribution in [-0.4, -0.2) is 71.4 Å². The largest absolute Gasteiger partial charge is 0.363 e. The Kier molecular flexibility index (Phi) is 10.1. The van der Waals surface area contributed by atoms with E-state index >= 15 is 0 Å². The molecule has 0 bridgehead atoms. The van der Waals surface area contributed by atoms with Crippen LogP contribution in [0.1, 0.15) is 70.2 Å². The third kappa shape index (κ3) is 7.45. The Morgan fingerprint density at radius 2 is 1.60 bits per heavy atom.